The maximum Gasteiger partial charge on any atom is 0.341 e. The lowest BCUT2D eigenvalue weighted by Gasteiger charge is -2.20. The largest absolute Gasteiger partial charge is 0.497 e. The Hall–Kier alpha value is -3.22. The van der Waals surface area contributed by atoms with Gasteiger partial charge in [0.25, 0.3) is 5.91 Å². The first-order valence-electron chi connectivity index (χ1n) is 8.85. The highest BCUT2D eigenvalue weighted by atomic mass is 16.5. The molecule has 1 N–H and O–H groups in total. The second-order valence-corrected chi connectivity index (χ2v) is 6.61. The van der Waals surface area contributed by atoms with Crippen LogP contribution in [0.25, 0.3) is 0 Å². The maximum atomic E-state index is 13.0. The van der Waals surface area contributed by atoms with Gasteiger partial charge in [0.05, 0.1) is 19.3 Å². The molecule has 0 saturated heterocycles. The summed E-state index contributed by atoms with van der Waals surface area (Å²) in [6.07, 6.45) is 0. The van der Waals surface area contributed by atoms with Crippen molar-refractivity contribution in [2.45, 2.75) is 13.8 Å². The van der Waals surface area contributed by atoms with Crippen molar-refractivity contribution < 1.29 is 28.9 Å². The molecular weight excluding hydrogens is 362 g/mol. The molecule has 7 heteroatoms. The molecule has 0 aliphatic rings. The van der Waals surface area contributed by atoms with Crippen LogP contribution in [0, 0.1) is 5.92 Å². The zero-order chi connectivity index (χ0) is 20.7. The van der Waals surface area contributed by atoms with E-state index in [0.29, 0.717) is 41.0 Å². The first-order chi connectivity index (χ1) is 13.3. The number of hydrogen-bond acceptors (Lipinski definition) is 5. The van der Waals surface area contributed by atoms with Gasteiger partial charge in [0, 0.05) is 18.8 Å². The summed E-state index contributed by atoms with van der Waals surface area (Å²) in [5.41, 5.74) is 1.06. The minimum Gasteiger partial charge on any atom is -0.497 e. The minimum absolute atomic E-state index is 0.236. The quantitative estimate of drug-likeness (QED) is 0.709. The first-order valence-corrected chi connectivity index (χ1v) is 8.85. The van der Waals surface area contributed by atoms with Gasteiger partial charge in [0.2, 0.25) is 0 Å². The highest BCUT2D eigenvalue weighted by molar-refractivity contribution is 6.07. The van der Waals surface area contributed by atoms with Crippen molar-refractivity contribution in [3.8, 4) is 17.2 Å². The summed E-state index contributed by atoms with van der Waals surface area (Å²) in [6, 6.07) is 11.7. The van der Waals surface area contributed by atoms with Crippen LogP contribution in [0.2, 0.25) is 0 Å². The van der Waals surface area contributed by atoms with Gasteiger partial charge in [-0.25, -0.2) is 4.79 Å². The smallest absolute Gasteiger partial charge is 0.341 e. The van der Waals surface area contributed by atoms with Gasteiger partial charge in [0.15, 0.2) is 6.61 Å². The van der Waals surface area contributed by atoms with E-state index in [-0.39, 0.29) is 5.91 Å². The van der Waals surface area contributed by atoms with Crippen LogP contribution in [0.3, 0.4) is 0 Å². The summed E-state index contributed by atoms with van der Waals surface area (Å²) in [6.45, 7) is 4.12. The van der Waals surface area contributed by atoms with E-state index in [2.05, 4.69) is 0 Å². The Balaban J connectivity index is 2.20. The number of benzene rings is 2. The van der Waals surface area contributed by atoms with Crippen LogP contribution in [0.4, 0.5) is 5.69 Å². The number of nitrogens with zero attached hydrogens (tertiary/aromatic N) is 1. The minimum atomic E-state index is -1.05. The number of carbonyl (C=O) groups is 2. The van der Waals surface area contributed by atoms with E-state index >= 15 is 0 Å². The van der Waals surface area contributed by atoms with Crippen LogP contribution in [-0.4, -0.2) is 44.4 Å². The molecule has 2 aromatic carbocycles. The van der Waals surface area contributed by atoms with Crippen molar-refractivity contribution >= 4 is 17.6 Å². The molecule has 28 heavy (non-hydrogen) atoms. The van der Waals surface area contributed by atoms with E-state index in [1.807, 2.05) is 13.8 Å². The number of anilines is 1. The van der Waals surface area contributed by atoms with Crippen LogP contribution < -0.4 is 19.1 Å². The number of ether oxygens (including phenoxy) is 3. The lowest BCUT2D eigenvalue weighted by molar-refractivity contribution is -0.139. The van der Waals surface area contributed by atoms with Gasteiger partial charge in [-0.1, -0.05) is 13.8 Å². The van der Waals surface area contributed by atoms with Crippen molar-refractivity contribution in [3.63, 3.8) is 0 Å². The molecule has 0 bridgehead atoms. The Morgan fingerprint density at radius 1 is 1.04 bits per heavy atom. The van der Waals surface area contributed by atoms with Crippen molar-refractivity contribution in [3.05, 3.63) is 48.0 Å². The molecule has 0 unspecified atom stereocenters. The van der Waals surface area contributed by atoms with Crippen LogP contribution in [0.15, 0.2) is 42.5 Å². The normalized spacial score (nSPS) is 10.5. The monoisotopic (exact) mass is 387 g/mol. The van der Waals surface area contributed by atoms with Crippen LogP contribution in [0.1, 0.15) is 24.2 Å². The van der Waals surface area contributed by atoms with Gasteiger partial charge in [0.1, 0.15) is 17.2 Å². The van der Waals surface area contributed by atoms with E-state index in [1.165, 1.54) is 4.90 Å². The van der Waals surface area contributed by atoms with Crippen LogP contribution in [-0.2, 0) is 4.79 Å². The number of aliphatic carboxylic acids is 1. The zero-order valence-electron chi connectivity index (χ0n) is 16.5. The number of rotatable bonds is 9. The van der Waals surface area contributed by atoms with Crippen LogP contribution >= 0.6 is 0 Å². The van der Waals surface area contributed by atoms with Crippen molar-refractivity contribution in [1.29, 1.82) is 0 Å². The topological polar surface area (TPSA) is 85.3 Å². The second-order valence-electron chi connectivity index (χ2n) is 6.61. The SMILES string of the molecule is COc1ccc(C(=O)N(C)c2ccc(OCC(=O)O)cc2)c(OCC(C)C)c1. The molecular formula is C21H25NO6. The zero-order valence-corrected chi connectivity index (χ0v) is 16.5. The van der Waals surface area contributed by atoms with E-state index in [9.17, 15) is 9.59 Å². The summed E-state index contributed by atoms with van der Waals surface area (Å²) in [5.74, 6) is 0.511. The Kier molecular flexibility index (Phi) is 7.26. The first kappa shape index (κ1) is 21.1. The number of carboxylic acid groups (broad SMARTS) is 1. The Morgan fingerprint density at radius 3 is 2.25 bits per heavy atom. The predicted octanol–water partition coefficient (Wildman–Crippen LogP) is 3.47. The lowest BCUT2D eigenvalue weighted by Crippen LogP contribution is -2.27. The molecule has 7 nitrogen and oxygen atoms in total. The summed E-state index contributed by atoms with van der Waals surface area (Å²) < 4.78 is 16.2. The summed E-state index contributed by atoms with van der Waals surface area (Å²) in [4.78, 5) is 25.1. The van der Waals surface area contributed by atoms with Gasteiger partial charge < -0.3 is 24.2 Å². The second kappa shape index (κ2) is 9.64. The lowest BCUT2D eigenvalue weighted by atomic mass is 10.1. The molecule has 0 aromatic heterocycles. The third kappa shape index (κ3) is 5.64. The van der Waals surface area contributed by atoms with Gasteiger partial charge in [-0.3, -0.25) is 4.79 Å². The fraction of sp³-hybridized carbons (Fsp3) is 0.333. The average Bonchev–Trinajstić information content (AvgIpc) is 2.69. The van der Waals surface area contributed by atoms with Gasteiger partial charge in [-0.2, -0.15) is 0 Å². The molecule has 150 valence electrons. The fourth-order valence-electron chi connectivity index (χ4n) is 2.39. The molecule has 0 aliphatic carbocycles. The Bertz CT molecular complexity index is 816. The van der Waals surface area contributed by atoms with Crippen LogP contribution in [0.5, 0.6) is 17.2 Å². The number of methoxy groups -OCH3 is 1. The summed E-state index contributed by atoms with van der Waals surface area (Å²) in [5, 5.41) is 8.66. The summed E-state index contributed by atoms with van der Waals surface area (Å²) in [7, 11) is 3.22. The van der Waals surface area contributed by atoms with Gasteiger partial charge in [-0.15, -0.1) is 0 Å². The standard InChI is InChI=1S/C21H25NO6/c1-14(2)12-28-19-11-17(26-4)9-10-18(19)21(25)22(3)15-5-7-16(8-6-15)27-13-20(23)24/h5-11,14H,12-13H2,1-4H3,(H,23,24). The van der Waals surface area contributed by atoms with Crippen molar-refractivity contribution in [2.24, 2.45) is 5.92 Å². The molecule has 2 rings (SSSR count). The Morgan fingerprint density at radius 2 is 1.68 bits per heavy atom. The van der Waals surface area contributed by atoms with E-state index < -0.39 is 12.6 Å². The van der Waals surface area contributed by atoms with E-state index in [4.69, 9.17) is 19.3 Å². The molecule has 0 spiro atoms. The molecule has 0 heterocycles. The fourth-order valence-corrected chi connectivity index (χ4v) is 2.39. The van der Waals surface area contributed by atoms with Crippen molar-refractivity contribution in [2.75, 3.05) is 32.3 Å². The van der Waals surface area contributed by atoms with Gasteiger partial charge in [-0.05, 0) is 42.3 Å². The van der Waals surface area contributed by atoms with E-state index in [1.54, 1.807) is 56.6 Å². The molecule has 0 saturated carbocycles. The molecule has 1 amide bonds. The molecule has 0 aliphatic heterocycles. The Labute approximate surface area is 164 Å². The van der Waals surface area contributed by atoms with E-state index in [0.717, 1.165) is 0 Å². The highest BCUT2D eigenvalue weighted by Crippen LogP contribution is 2.28. The number of hydrogen-bond donors (Lipinski definition) is 1. The highest BCUT2D eigenvalue weighted by Gasteiger charge is 2.19. The van der Waals surface area contributed by atoms with Gasteiger partial charge >= 0.3 is 5.97 Å². The number of amides is 1. The predicted molar refractivity (Wildman–Crippen MR) is 106 cm³/mol. The number of carbonyl (C=O) groups excluding carboxylic acids is 1. The molecule has 0 radical (unpaired) electrons. The maximum absolute atomic E-state index is 13.0. The summed E-state index contributed by atoms with van der Waals surface area (Å²) >= 11 is 0. The average molecular weight is 387 g/mol. The number of carboxylic acids is 1. The van der Waals surface area contributed by atoms with Crippen molar-refractivity contribution in [1.82, 2.24) is 0 Å². The third-order valence-corrected chi connectivity index (χ3v) is 3.88. The third-order valence-electron chi connectivity index (χ3n) is 3.88. The molecule has 2 aromatic rings. The molecule has 0 fully saturated rings. The molecule has 0 atom stereocenters.